The van der Waals surface area contributed by atoms with Crippen LogP contribution in [-0.2, 0) is 14.4 Å². The van der Waals surface area contributed by atoms with Gasteiger partial charge in [0.2, 0.25) is 11.8 Å². The fraction of sp³-hybridized carbons (Fsp3) is 0.0556. The Morgan fingerprint density at radius 2 is 1.45 bits per heavy atom. The largest absolute Gasteiger partial charge is 0.465 e. The number of azo groups is 1. The average Bonchev–Trinajstić information content (AvgIpc) is 3.72. The molecule has 2 heterocycles. The van der Waals surface area contributed by atoms with Gasteiger partial charge in [0.15, 0.2) is 0 Å². The quantitative estimate of drug-likeness (QED) is 0.0920. The molecule has 232 valence electrons. The smallest absolute Gasteiger partial charge is 0.272 e. The summed E-state index contributed by atoms with van der Waals surface area (Å²) in [6, 6.07) is 34.9. The first-order valence-corrected chi connectivity index (χ1v) is 15.4. The minimum atomic E-state index is -0.601. The summed E-state index contributed by atoms with van der Waals surface area (Å²) in [5, 5.41) is 13.2. The summed E-state index contributed by atoms with van der Waals surface area (Å²) < 4.78 is 5.34. The molecule has 1 aliphatic rings. The van der Waals surface area contributed by atoms with Crippen LogP contribution < -0.4 is 15.5 Å². The minimum absolute atomic E-state index is 0.00490. The number of carbonyl (C=O) groups is 4. The van der Waals surface area contributed by atoms with Crippen molar-refractivity contribution in [2.24, 2.45) is 10.2 Å². The third-order valence-corrected chi connectivity index (χ3v) is 8.20. The molecule has 1 aromatic heterocycles. The summed E-state index contributed by atoms with van der Waals surface area (Å²) in [6.07, 6.45) is 2.96. The first-order chi connectivity index (χ1) is 22.9. The second kappa shape index (κ2) is 14.4. The van der Waals surface area contributed by atoms with Crippen molar-refractivity contribution in [2.75, 3.05) is 10.2 Å². The fourth-order valence-electron chi connectivity index (χ4n) is 4.68. The average molecular weight is 642 g/mol. The maximum atomic E-state index is 13.3. The summed E-state index contributed by atoms with van der Waals surface area (Å²) in [4.78, 5) is 54.0. The van der Waals surface area contributed by atoms with Gasteiger partial charge in [-0.25, -0.2) is 4.90 Å². The highest BCUT2D eigenvalue weighted by atomic mass is 32.2. The topological polar surface area (TPSA) is 133 Å². The molecule has 47 heavy (non-hydrogen) atoms. The predicted octanol–water partition coefficient (Wildman–Crippen LogP) is 7.53. The molecule has 6 rings (SSSR count). The molecule has 1 fully saturated rings. The lowest BCUT2D eigenvalue weighted by molar-refractivity contribution is -0.121. The SMILES string of the molecule is O=C(Nc1ccc(SC2CC(=O)N(c3ccc(N=Nc4ccccc4)cc3)C2=O)cc1)/C(=C/c1ccco1)NC(=O)c1ccccc1. The lowest BCUT2D eigenvalue weighted by Gasteiger charge is -2.15. The summed E-state index contributed by atoms with van der Waals surface area (Å²) >= 11 is 1.27. The first kappa shape index (κ1) is 30.9. The molecule has 0 bridgehead atoms. The fourth-order valence-corrected chi connectivity index (χ4v) is 5.74. The standard InChI is InChI=1S/C36H27N5O5S/c42-33-23-32(36(45)41(33)28-17-13-27(14-18-28)40-39-26-10-5-2-6-11-26)47-30-19-15-25(16-20-30)37-35(44)31(22-29-12-7-21-46-29)38-34(43)24-8-3-1-4-9-24/h1-22,32H,23H2,(H,37,44)(H,38,43)/b31-22-,40-39?. The number of thioether (sulfide) groups is 1. The number of hydrogen-bond donors (Lipinski definition) is 2. The van der Waals surface area contributed by atoms with E-state index >= 15 is 0 Å². The van der Waals surface area contributed by atoms with Gasteiger partial charge in [-0.05, 0) is 84.9 Å². The molecule has 0 aliphatic carbocycles. The van der Waals surface area contributed by atoms with Crippen molar-refractivity contribution in [3.05, 3.63) is 145 Å². The van der Waals surface area contributed by atoms with Crippen LogP contribution in [0.25, 0.3) is 6.08 Å². The molecule has 1 unspecified atom stereocenters. The zero-order valence-corrected chi connectivity index (χ0v) is 25.6. The van der Waals surface area contributed by atoms with E-state index in [2.05, 4.69) is 20.9 Å². The highest BCUT2D eigenvalue weighted by Crippen LogP contribution is 2.35. The molecule has 1 atom stereocenters. The maximum absolute atomic E-state index is 13.3. The molecule has 2 N–H and O–H groups in total. The number of hydrogen-bond acceptors (Lipinski definition) is 8. The van der Waals surface area contributed by atoms with Crippen molar-refractivity contribution in [2.45, 2.75) is 16.6 Å². The molecule has 11 heteroatoms. The molecule has 5 aromatic rings. The monoisotopic (exact) mass is 641 g/mol. The van der Waals surface area contributed by atoms with Crippen molar-refractivity contribution in [3.63, 3.8) is 0 Å². The molecule has 0 spiro atoms. The molecule has 0 radical (unpaired) electrons. The second-order valence-corrected chi connectivity index (χ2v) is 11.6. The number of imide groups is 1. The number of nitrogens with one attached hydrogen (secondary N) is 2. The molecule has 1 saturated heterocycles. The Morgan fingerprint density at radius 1 is 0.787 bits per heavy atom. The van der Waals surface area contributed by atoms with Crippen molar-refractivity contribution >= 4 is 64.2 Å². The van der Waals surface area contributed by atoms with E-state index in [4.69, 9.17) is 4.42 Å². The zero-order chi connectivity index (χ0) is 32.6. The molecule has 1 aliphatic heterocycles. The van der Waals surface area contributed by atoms with Crippen molar-refractivity contribution < 1.29 is 23.6 Å². The van der Waals surface area contributed by atoms with E-state index in [9.17, 15) is 19.2 Å². The van der Waals surface area contributed by atoms with Crippen LogP contribution in [0, 0.1) is 0 Å². The van der Waals surface area contributed by atoms with E-state index in [1.807, 2.05) is 30.3 Å². The number of rotatable bonds is 10. The van der Waals surface area contributed by atoms with Crippen LogP contribution >= 0.6 is 11.8 Å². The Bertz CT molecular complexity index is 1940. The van der Waals surface area contributed by atoms with Gasteiger partial charge >= 0.3 is 0 Å². The third kappa shape index (κ3) is 7.78. The van der Waals surface area contributed by atoms with Crippen LogP contribution in [0.15, 0.2) is 153 Å². The highest BCUT2D eigenvalue weighted by molar-refractivity contribution is 8.00. The van der Waals surface area contributed by atoms with Crippen LogP contribution in [0.3, 0.4) is 0 Å². The number of carbonyl (C=O) groups excluding carboxylic acids is 4. The number of nitrogens with zero attached hydrogens (tertiary/aromatic N) is 3. The van der Waals surface area contributed by atoms with Crippen LogP contribution in [-0.4, -0.2) is 28.9 Å². The van der Waals surface area contributed by atoms with E-state index < -0.39 is 17.1 Å². The third-order valence-electron chi connectivity index (χ3n) is 7.00. The van der Waals surface area contributed by atoms with E-state index in [1.54, 1.807) is 91.0 Å². The van der Waals surface area contributed by atoms with Crippen LogP contribution in [0.5, 0.6) is 0 Å². The molecule has 10 nitrogen and oxygen atoms in total. The summed E-state index contributed by atoms with van der Waals surface area (Å²) in [5.41, 5.74) is 2.64. The van der Waals surface area contributed by atoms with Crippen LogP contribution in [0.1, 0.15) is 22.5 Å². The van der Waals surface area contributed by atoms with Crippen molar-refractivity contribution in [1.82, 2.24) is 5.32 Å². The lowest BCUT2D eigenvalue weighted by Crippen LogP contribution is -2.31. The Hall–Kier alpha value is -6.07. The van der Waals surface area contributed by atoms with Gasteiger partial charge in [-0.15, -0.1) is 11.8 Å². The van der Waals surface area contributed by atoms with Crippen LogP contribution in [0.4, 0.5) is 22.7 Å². The first-order valence-electron chi connectivity index (χ1n) is 14.6. The van der Waals surface area contributed by atoms with Gasteiger partial charge < -0.3 is 15.1 Å². The van der Waals surface area contributed by atoms with Gasteiger partial charge in [-0.3, -0.25) is 19.2 Å². The molecular formula is C36H27N5O5S. The van der Waals surface area contributed by atoms with E-state index in [0.29, 0.717) is 28.4 Å². The maximum Gasteiger partial charge on any atom is 0.272 e. The summed E-state index contributed by atoms with van der Waals surface area (Å²) in [7, 11) is 0. The number of anilines is 2. The van der Waals surface area contributed by atoms with Crippen molar-refractivity contribution in [3.8, 4) is 0 Å². The van der Waals surface area contributed by atoms with Crippen LogP contribution in [0.2, 0.25) is 0 Å². The van der Waals surface area contributed by atoms with Gasteiger partial charge in [0, 0.05) is 28.6 Å². The second-order valence-electron chi connectivity index (χ2n) is 10.3. The van der Waals surface area contributed by atoms with Gasteiger partial charge in [-0.2, -0.15) is 10.2 Å². The van der Waals surface area contributed by atoms with E-state index in [1.165, 1.54) is 29.0 Å². The number of benzene rings is 4. The van der Waals surface area contributed by atoms with Gasteiger partial charge in [-0.1, -0.05) is 36.4 Å². The molecular weight excluding hydrogens is 614 g/mol. The lowest BCUT2D eigenvalue weighted by atomic mass is 10.2. The van der Waals surface area contributed by atoms with E-state index in [-0.39, 0.29) is 23.9 Å². The van der Waals surface area contributed by atoms with Gasteiger partial charge in [0.1, 0.15) is 11.5 Å². The normalized spacial score (nSPS) is 14.9. The number of amides is 4. The molecule has 4 amide bonds. The Kier molecular flexibility index (Phi) is 9.45. The van der Waals surface area contributed by atoms with E-state index in [0.717, 1.165) is 10.6 Å². The Balaban J connectivity index is 1.08. The Labute approximate surface area is 274 Å². The Morgan fingerprint density at radius 3 is 2.11 bits per heavy atom. The van der Waals surface area contributed by atoms with Gasteiger partial charge in [0.05, 0.1) is 28.6 Å². The summed E-state index contributed by atoms with van der Waals surface area (Å²) in [6.45, 7) is 0. The number of furan rings is 1. The van der Waals surface area contributed by atoms with Gasteiger partial charge in [0.25, 0.3) is 11.8 Å². The van der Waals surface area contributed by atoms with Crippen molar-refractivity contribution in [1.29, 1.82) is 0 Å². The molecule has 4 aromatic carbocycles. The minimum Gasteiger partial charge on any atom is -0.465 e. The molecule has 0 saturated carbocycles. The predicted molar refractivity (Wildman–Crippen MR) is 179 cm³/mol. The summed E-state index contributed by atoms with van der Waals surface area (Å²) in [5.74, 6) is -1.20. The zero-order valence-electron chi connectivity index (χ0n) is 24.8. The highest BCUT2D eigenvalue weighted by Gasteiger charge is 2.40.